The molecule has 0 aromatic heterocycles. The molecule has 1 aromatic carbocycles. The molecule has 1 aliphatic rings. The van der Waals surface area contributed by atoms with Crippen molar-refractivity contribution in [1.82, 2.24) is 5.32 Å². The van der Waals surface area contributed by atoms with Gasteiger partial charge in [0.25, 0.3) is 0 Å². The molecule has 1 aliphatic carbocycles. The van der Waals surface area contributed by atoms with Gasteiger partial charge in [-0.1, -0.05) is 11.6 Å². The molecule has 0 saturated heterocycles. The Morgan fingerprint density at radius 2 is 1.83 bits per heavy atom. The first kappa shape index (κ1) is 13.1. The quantitative estimate of drug-likeness (QED) is 0.480. The summed E-state index contributed by atoms with van der Waals surface area (Å²) in [5.41, 5.74) is 1.87. The molecule has 0 bridgehead atoms. The zero-order valence-corrected chi connectivity index (χ0v) is 10.1. The van der Waals surface area contributed by atoms with Crippen molar-refractivity contribution in [2.24, 2.45) is 0 Å². The average Bonchev–Trinajstić information content (AvgIpc) is 2.84. The van der Waals surface area contributed by atoms with Crippen molar-refractivity contribution in [2.45, 2.75) is 32.2 Å². The lowest BCUT2D eigenvalue weighted by Gasteiger charge is -2.06. The zero-order valence-electron chi connectivity index (χ0n) is 10.1. The zero-order chi connectivity index (χ0) is 13.0. The van der Waals surface area contributed by atoms with Gasteiger partial charge in [0.15, 0.2) is 17.5 Å². The lowest BCUT2D eigenvalue weighted by Crippen LogP contribution is -2.15. The molecular weight excluding hydrogens is 239 g/mol. The Bertz CT molecular complexity index is 431. The van der Waals surface area contributed by atoms with Crippen LogP contribution in [0, 0.1) is 17.5 Å². The van der Waals surface area contributed by atoms with Crippen molar-refractivity contribution >= 4 is 0 Å². The normalized spacial score (nSPS) is 14.9. The Morgan fingerprint density at radius 3 is 2.44 bits per heavy atom. The van der Waals surface area contributed by atoms with Gasteiger partial charge in [-0.05, 0) is 49.9 Å². The lowest BCUT2D eigenvalue weighted by molar-refractivity contribution is 0.444. The highest BCUT2D eigenvalue weighted by Gasteiger charge is 2.10. The summed E-state index contributed by atoms with van der Waals surface area (Å²) in [6, 6.07) is 2.06. The molecular formula is C14H16F3N. The van der Waals surface area contributed by atoms with Gasteiger partial charge in [0, 0.05) is 6.54 Å². The summed E-state index contributed by atoms with van der Waals surface area (Å²) in [5.74, 6) is -3.68. The highest BCUT2D eigenvalue weighted by Crippen LogP contribution is 2.19. The lowest BCUT2D eigenvalue weighted by atomic mass is 10.1. The van der Waals surface area contributed by atoms with Crippen molar-refractivity contribution < 1.29 is 13.2 Å². The molecule has 98 valence electrons. The van der Waals surface area contributed by atoms with E-state index in [-0.39, 0.29) is 0 Å². The standard InChI is InChI=1S/C14H16F3N/c15-12-7-11(8-13(16)14(12)17)9-18-6-5-10-3-1-2-4-10/h3,7-8,18H,1-2,4-6,9H2. The molecule has 1 aromatic rings. The maximum absolute atomic E-state index is 12.9. The second kappa shape index (κ2) is 6.05. The Morgan fingerprint density at radius 1 is 1.11 bits per heavy atom. The van der Waals surface area contributed by atoms with Gasteiger partial charge < -0.3 is 5.32 Å². The molecule has 0 heterocycles. The van der Waals surface area contributed by atoms with Crippen LogP contribution in [-0.4, -0.2) is 6.54 Å². The number of halogens is 3. The number of benzene rings is 1. The van der Waals surface area contributed by atoms with Crippen LogP contribution < -0.4 is 5.32 Å². The number of hydrogen-bond acceptors (Lipinski definition) is 1. The van der Waals surface area contributed by atoms with Gasteiger partial charge in [-0.25, -0.2) is 13.2 Å². The van der Waals surface area contributed by atoms with Crippen LogP contribution in [-0.2, 0) is 6.54 Å². The van der Waals surface area contributed by atoms with E-state index in [1.54, 1.807) is 0 Å². The first-order valence-corrected chi connectivity index (χ1v) is 6.19. The maximum Gasteiger partial charge on any atom is 0.194 e. The summed E-state index contributed by atoms with van der Waals surface area (Å²) in [7, 11) is 0. The Kier molecular flexibility index (Phi) is 4.42. The highest BCUT2D eigenvalue weighted by molar-refractivity contribution is 5.19. The predicted molar refractivity (Wildman–Crippen MR) is 64.6 cm³/mol. The van der Waals surface area contributed by atoms with Crippen molar-refractivity contribution in [3.8, 4) is 0 Å². The minimum atomic E-state index is -1.41. The molecule has 0 radical (unpaired) electrons. The fourth-order valence-electron chi connectivity index (χ4n) is 2.16. The van der Waals surface area contributed by atoms with Crippen molar-refractivity contribution in [1.29, 1.82) is 0 Å². The summed E-state index contributed by atoms with van der Waals surface area (Å²) in [4.78, 5) is 0. The minimum Gasteiger partial charge on any atom is -0.312 e. The van der Waals surface area contributed by atoms with Crippen LogP contribution in [0.25, 0.3) is 0 Å². The molecule has 0 saturated carbocycles. The first-order chi connectivity index (χ1) is 8.66. The Balaban J connectivity index is 1.79. The van der Waals surface area contributed by atoms with Gasteiger partial charge in [-0.3, -0.25) is 0 Å². The molecule has 0 aliphatic heterocycles. The second-order valence-electron chi connectivity index (χ2n) is 4.55. The van der Waals surface area contributed by atoms with Crippen molar-refractivity contribution in [3.05, 3.63) is 46.8 Å². The van der Waals surface area contributed by atoms with E-state index in [1.165, 1.54) is 12.0 Å². The molecule has 0 unspecified atom stereocenters. The monoisotopic (exact) mass is 255 g/mol. The van der Waals surface area contributed by atoms with E-state index in [1.807, 2.05) is 0 Å². The van der Waals surface area contributed by atoms with Crippen LogP contribution in [0.15, 0.2) is 23.8 Å². The predicted octanol–water partition coefficient (Wildman–Crippen LogP) is 3.69. The molecule has 0 atom stereocenters. The van der Waals surface area contributed by atoms with E-state index in [2.05, 4.69) is 11.4 Å². The average molecular weight is 255 g/mol. The first-order valence-electron chi connectivity index (χ1n) is 6.19. The molecule has 18 heavy (non-hydrogen) atoms. The molecule has 0 spiro atoms. The topological polar surface area (TPSA) is 12.0 Å². The van der Waals surface area contributed by atoms with Crippen LogP contribution in [0.3, 0.4) is 0 Å². The van der Waals surface area contributed by atoms with Gasteiger partial charge in [0.05, 0.1) is 0 Å². The molecule has 1 nitrogen and oxygen atoms in total. The largest absolute Gasteiger partial charge is 0.312 e. The van der Waals surface area contributed by atoms with Gasteiger partial charge in [0.1, 0.15) is 0 Å². The van der Waals surface area contributed by atoms with E-state index in [9.17, 15) is 13.2 Å². The number of nitrogens with one attached hydrogen (secondary N) is 1. The summed E-state index contributed by atoms with van der Waals surface area (Å²) >= 11 is 0. The minimum absolute atomic E-state index is 0.349. The van der Waals surface area contributed by atoms with Crippen molar-refractivity contribution in [2.75, 3.05) is 6.54 Å². The Labute approximate surface area is 105 Å². The maximum atomic E-state index is 12.9. The van der Waals surface area contributed by atoms with E-state index >= 15 is 0 Å². The fraction of sp³-hybridized carbons (Fsp3) is 0.429. The molecule has 1 N–H and O–H groups in total. The van der Waals surface area contributed by atoms with E-state index < -0.39 is 17.5 Å². The van der Waals surface area contributed by atoms with Crippen LogP contribution in [0.1, 0.15) is 31.2 Å². The summed E-state index contributed by atoms with van der Waals surface area (Å²) in [6.07, 6.45) is 6.75. The number of hydrogen-bond donors (Lipinski definition) is 1. The van der Waals surface area contributed by atoms with Crippen LogP contribution in [0.2, 0.25) is 0 Å². The third-order valence-electron chi connectivity index (χ3n) is 3.13. The summed E-state index contributed by atoms with van der Waals surface area (Å²) in [5, 5.41) is 3.11. The number of allylic oxidation sites excluding steroid dienone is 1. The molecule has 0 fully saturated rings. The third-order valence-corrected chi connectivity index (χ3v) is 3.13. The van der Waals surface area contributed by atoms with Crippen LogP contribution in [0.5, 0.6) is 0 Å². The molecule has 4 heteroatoms. The number of rotatable bonds is 5. The summed E-state index contributed by atoms with van der Waals surface area (Å²) < 4.78 is 38.6. The van der Waals surface area contributed by atoms with E-state index in [0.29, 0.717) is 12.1 Å². The fourth-order valence-corrected chi connectivity index (χ4v) is 2.16. The van der Waals surface area contributed by atoms with Gasteiger partial charge in [-0.2, -0.15) is 0 Å². The summed E-state index contributed by atoms with van der Waals surface area (Å²) in [6.45, 7) is 1.12. The third kappa shape index (κ3) is 3.35. The van der Waals surface area contributed by atoms with Crippen LogP contribution >= 0.6 is 0 Å². The van der Waals surface area contributed by atoms with Gasteiger partial charge in [-0.15, -0.1) is 0 Å². The molecule has 0 amide bonds. The second-order valence-corrected chi connectivity index (χ2v) is 4.55. The van der Waals surface area contributed by atoms with E-state index in [4.69, 9.17) is 0 Å². The van der Waals surface area contributed by atoms with Gasteiger partial charge >= 0.3 is 0 Å². The van der Waals surface area contributed by atoms with Crippen molar-refractivity contribution in [3.63, 3.8) is 0 Å². The Hall–Kier alpha value is -1.29. The van der Waals surface area contributed by atoms with Gasteiger partial charge in [0.2, 0.25) is 0 Å². The highest BCUT2D eigenvalue weighted by atomic mass is 19.2. The van der Waals surface area contributed by atoms with E-state index in [0.717, 1.165) is 37.9 Å². The molecule has 2 rings (SSSR count). The SMILES string of the molecule is Fc1cc(CNCCC2=CCCC2)cc(F)c1F. The smallest absolute Gasteiger partial charge is 0.194 e. The van der Waals surface area contributed by atoms with Crippen LogP contribution in [0.4, 0.5) is 13.2 Å².